The zero-order valence-electron chi connectivity index (χ0n) is 18.7. The van der Waals surface area contributed by atoms with E-state index in [1.54, 1.807) is 35.3 Å². The van der Waals surface area contributed by atoms with Gasteiger partial charge in [-0.1, -0.05) is 30.3 Å². The van der Waals surface area contributed by atoms with E-state index in [9.17, 15) is 14.0 Å². The summed E-state index contributed by atoms with van der Waals surface area (Å²) in [6.07, 6.45) is 3.87. The minimum Gasteiger partial charge on any atom is -0.494 e. The summed E-state index contributed by atoms with van der Waals surface area (Å²) < 4.78 is 19.1. The summed E-state index contributed by atoms with van der Waals surface area (Å²) in [4.78, 5) is 33.7. The van der Waals surface area contributed by atoms with Gasteiger partial charge in [-0.2, -0.15) is 0 Å². The van der Waals surface area contributed by atoms with Gasteiger partial charge in [0, 0.05) is 39.0 Å². The fraction of sp³-hybridized carbons (Fsp3) is 0.269. The average Bonchev–Trinajstić information content (AvgIpc) is 2.83. The number of benzene rings is 2. The van der Waals surface area contributed by atoms with Crippen LogP contribution in [0.2, 0.25) is 0 Å². The van der Waals surface area contributed by atoms with Crippen LogP contribution in [0.25, 0.3) is 11.1 Å². The van der Waals surface area contributed by atoms with Crippen molar-refractivity contribution in [1.82, 2.24) is 14.8 Å². The molecule has 1 fully saturated rings. The lowest BCUT2D eigenvalue weighted by atomic mass is 9.93. The number of pyridine rings is 1. The summed E-state index contributed by atoms with van der Waals surface area (Å²) in [6, 6.07) is 15.6. The molecule has 33 heavy (non-hydrogen) atoms. The third kappa shape index (κ3) is 4.87. The molecule has 2 heterocycles. The normalized spacial score (nSPS) is 16.1. The first-order valence-electron chi connectivity index (χ1n) is 10.8. The van der Waals surface area contributed by atoms with Crippen molar-refractivity contribution in [3.8, 4) is 16.9 Å². The molecule has 0 bridgehead atoms. The number of amides is 2. The van der Waals surface area contributed by atoms with Gasteiger partial charge in [0.05, 0.1) is 13.5 Å². The number of aromatic nitrogens is 1. The molecule has 0 aliphatic carbocycles. The van der Waals surface area contributed by atoms with Crippen LogP contribution in [0.4, 0.5) is 4.39 Å². The second-order valence-corrected chi connectivity index (χ2v) is 8.11. The monoisotopic (exact) mass is 447 g/mol. The van der Waals surface area contributed by atoms with E-state index in [1.165, 1.54) is 19.2 Å². The molecule has 3 aromatic rings. The summed E-state index contributed by atoms with van der Waals surface area (Å²) in [5.41, 5.74) is 3.53. The molecular formula is C26H26FN3O3. The van der Waals surface area contributed by atoms with Gasteiger partial charge >= 0.3 is 0 Å². The van der Waals surface area contributed by atoms with Gasteiger partial charge in [0.1, 0.15) is 6.04 Å². The van der Waals surface area contributed by atoms with E-state index in [2.05, 4.69) is 4.98 Å². The van der Waals surface area contributed by atoms with Gasteiger partial charge in [-0.25, -0.2) is 4.39 Å². The maximum Gasteiger partial charge on any atom is 0.245 e. The smallest absolute Gasteiger partial charge is 0.245 e. The highest BCUT2D eigenvalue weighted by Gasteiger charge is 2.36. The van der Waals surface area contributed by atoms with Crippen LogP contribution in [0, 0.1) is 5.82 Å². The van der Waals surface area contributed by atoms with Crippen LogP contribution in [-0.4, -0.2) is 59.9 Å². The molecule has 2 aromatic carbocycles. The van der Waals surface area contributed by atoms with Gasteiger partial charge in [0.25, 0.3) is 0 Å². The molecular weight excluding hydrogens is 421 g/mol. The first-order chi connectivity index (χ1) is 16.0. The van der Waals surface area contributed by atoms with Gasteiger partial charge in [0.15, 0.2) is 11.6 Å². The fourth-order valence-corrected chi connectivity index (χ4v) is 4.22. The third-order valence-electron chi connectivity index (χ3n) is 6.03. The van der Waals surface area contributed by atoms with Crippen LogP contribution in [0.1, 0.15) is 11.1 Å². The number of halogens is 1. The molecule has 1 aliphatic heterocycles. The molecule has 1 saturated heterocycles. The van der Waals surface area contributed by atoms with E-state index in [0.717, 1.165) is 16.7 Å². The minimum absolute atomic E-state index is 0.0143. The topological polar surface area (TPSA) is 62.7 Å². The van der Waals surface area contributed by atoms with Crippen LogP contribution < -0.4 is 4.74 Å². The highest BCUT2D eigenvalue weighted by molar-refractivity contribution is 5.90. The first-order valence-corrected chi connectivity index (χ1v) is 10.8. The van der Waals surface area contributed by atoms with Crippen LogP contribution in [-0.2, 0) is 22.4 Å². The molecule has 2 amide bonds. The van der Waals surface area contributed by atoms with Gasteiger partial charge in [-0.15, -0.1) is 0 Å². The Balaban J connectivity index is 1.60. The van der Waals surface area contributed by atoms with E-state index in [4.69, 9.17) is 4.74 Å². The average molecular weight is 448 g/mol. The SMILES string of the molecule is COc1ccc(CC(=O)N2CCN(C)C(=O)[C@H]2Cc2ccccc2-c2ccncc2)cc1F. The van der Waals surface area contributed by atoms with Crippen LogP contribution >= 0.6 is 0 Å². The number of carbonyl (C=O) groups excluding carboxylic acids is 2. The van der Waals surface area contributed by atoms with Crippen LogP contribution in [0.3, 0.4) is 0 Å². The summed E-state index contributed by atoms with van der Waals surface area (Å²) in [5, 5.41) is 0. The Bertz CT molecular complexity index is 1150. The Morgan fingerprint density at radius 2 is 1.88 bits per heavy atom. The molecule has 0 spiro atoms. The predicted octanol–water partition coefficient (Wildman–Crippen LogP) is 3.35. The largest absolute Gasteiger partial charge is 0.494 e. The number of methoxy groups -OCH3 is 1. The lowest BCUT2D eigenvalue weighted by molar-refractivity contribution is -0.149. The standard InChI is InChI=1S/C26H26FN3O3/c1-29-13-14-30(25(31)16-18-7-8-24(33-2)22(27)15-18)23(26(29)32)17-20-5-3-4-6-21(20)19-9-11-28-12-10-19/h3-12,15,23H,13-14,16-17H2,1-2H3/t23-/m1/s1. The highest BCUT2D eigenvalue weighted by Crippen LogP contribution is 2.27. The summed E-state index contributed by atoms with van der Waals surface area (Å²) in [5.74, 6) is -0.681. The van der Waals surface area contributed by atoms with Gasteiger partial charge in [-0.05, 0) is 46.5 Å². The van der Waals surface area contributed by atoms with E-state index in [1.807, 2.05) is 36.4 Å². The zero-order valence-corrected chi connectivity index (χ0v) is 18.7. The predicted molar refractivity (Wildman–Crippen MR) is 123 cm³/mol. The number of rotatable bonds is 6. The maximum atomic E-state index is 14.1. The Labute approximate surface area is 192 Å². The molecule has 1 aliphatic rings. The van der Waals surface area contributed by atoms with Crippen molar-refractivity contribution < 1.29 is 18.7 Å². The molecule has 0 unspecified atom stereocenters. The lowest BCUT2D eigenvalue weighted by Gasteiger charge is -2.39. The van der Waals surface area contributed by atoms with Crippen LogP contribution in [0.5, 0.6) is 5.75 Å². The number of nitrogens with zero attached hydrogens (tertiary/aromatic N) is 3. The number of likely N-dealkylation sites (N-methyl/N-ethyl adjacent to an activating group) is 1. The van der Waals surface area contributed by atoms with Crippen molar-refractivity contribution in [3.05, 3.63) is 83.9 Å². The van der Waals surface area contributed by atoms with Gasteiger partial charge in [0.2, 0.25) is 11.8 Å². The van der Waals surface area contributed by atoms with E-state index >= 15 is 0 Å². The molecule has 0 N–H and O–H groups in total. The van der Waals surface area contributed by atoms with Crippen LogP contribution in [0.15, 0.2) is 67.0 Å². The Kier molecular flexibility index (Phi) is 6.68. The second-order valence-electron chi connectivity index (χ2n) is 8.11. The minimum atomic E-state index is -0.623. The Hall–Kier alpha value is -3.74. The quantitative estimate of drug-likeness (QED) is 0.582. The van der Waals surface area contributed by atoms with Crippen molar-refractivity contribution in [2.75, 3.05) is 27.2 Å². The van der Waals surface area contributed by atoms with Crippen molar-refractivity contribution in [2.45, 2.75) is 18.9 Å². The Morgan fingerprint density at radius 3 is 2.61 bits per heavy atom. The number of hydrogen-bond donors (Lipinski definition) is 0. The number of ether oxygens (including phenoxy) is 1. The fourth-order valence-electron chi connectivity index (χ4n) is 4.22. The van der Waals surface area contributed by atoms with Crippen molar-refractivity contribution >= 4 is 11.8 Å². The van der Waals surface area contributed by atoms with E-state index in [0.29, 0.717) is 25.1 Å². The van der Waals surface area contributed by atoms with Crippen molar-refractivity contribution in [2.24, 2.45) is 0 Å². The summed E-state index contributed by atoms with van der Waals surface area (Å²) in [7, 11) is 3.15. The number of piperazine rings is 1. The van der Waals surface area contributed by atoms with Crippen molar-refractivity contribution in [1.29, 1.82) is 0 Å². The van der Waals surface area contributed by atoms with Crippen molar-refractivity contribution in [3.63, 3.8) is 0 Å². The molecule has 4 rings (SSSR count). The Morgan fingerprint density at radius 1 is 1.12 bits per heavy atom. The summed E-state index contributed by atoms with van der Waals surface area (Å²) >= 11 is 0. The lowest BCUT2D eigenvalue weighted by Crippen LogP contribution is -2.58. The zero-order chi connectivity index (χ0) is 23.4. The number of hydrogen-bond acceptors (Lipinski definition) is 4. The molecule has 170 valence electrons. The van der Waals surface area contributed by atoms with Gasteiger partial charge < -0.3 is 14.5 Å². The summed E-state index contributed by atoms with van der Waals surface area (Å²) in [6.45, 7) is 0.895. The second kappa shape index (κ2) is 9.81. The third-order valence-corrected chi connectivity index (χ3v) is 6.03. The molecule has 1 aromatic heterocycles. The van der Waals surface area contributed by atoms with E-state index < -0.39 is 11.9 Å². The molecule has 0 saturated carbocycles. The molecule has 1 atom stereocenters. The maximum absolute atomic E-state index is 14.1. The highest BCUT2D eigenvalue weighted by atomic mass is 19.1. The van der Waals surface area contributed by atoms with E-state index in [-0.39, 0.29) is 24.0 Å². The van der Waals surface area contributed by atoms with Gasteiger partial charge in [-0.3, -0.25) is 14.6 Å². The number of carbonyl (C=O) groups is 2. The first kappa shape index (κ1) is 22.5. The molecule has 7 heteroatoms. The molecule has 6 nitrogen and oxygen atoms in total. The molecule has 0 radical (unpaired) electrons.